The zero-order valence-corrected chi connectivity index (χ0v) is 18.8. The van der Waals surface area contributed by atoms with Gasteiger partial charge in [0.05, 0.1) is 10.9 Å². The van der Waals surface area contributed by atoms with E-state index in [2.05, 4.69) is 15.6 Å². The fourth-order valence-corrected chi connectivity index (χ4v) is 3.75. The van der Waals surface area contributed by atoms with Crippen LogP contribution in [0.1, 0.15) is 22.3 Å². The molecule has 2 amide bonds. The smallest absolute Gasteiger partial charge is 0.262 e. The summed E-state index contributed by atoms with van der Waals surface area (Å²) in [5.74, 6) is -1.02. The molecule has 0 saturated carbocycles. The molecule has 34 heavy (non-hydrogen) atoms. The van der Waals surface area contributed by atoms with E-state index in [9.17, 15) is 18.8 Å². The monoisotopic (exact) mass is 476 g/mol. The Bertz CT molecular complexity index is 1480. The molecule has 4 rings (SSSR count). The molecular weight excluding hydrogens is 455 g/mol. The summed E-state index contributed by atoms with van der Waals surface area (Å²) in [7, 11) is 0. The maximum Gasteiger partial charge on any atom is 0.262 e. The van der Waals surface area contributed by atoms with E-state index in [0.717, 1.165) is 5.56 Å². The summed E-state index contributed by atoms with van der Waals surface area (Å²) >= 11 is 5.27. The van der Waals surface area contributed by atoms with E-state index in [0.29, 0.717) is 22.2 Å². The number of aromatic nitrogens is 2. The number of nitrogens with one attached hydrogen (secondary N) is 3. The van der Waals surface area contributed by atoms with Crippen molar-refractivity contribution in [1.29, 1.82) is 0 Å². The summed E-state index contributed by atoms with van der Waals surface area (Å²) in [5.41, 5.74) is 2.09. The van der Waals surface area contributed by atoms with Gasteiger partial charge in [0.2, 0.25) is 5.91 Å². The number of carbonyl (C=O) groups is 2. The van der Waals surface area contributed by atoms with Gasteiger partial charge in [0.15, 0.2) is 4.77 Å². The van der Waals surface area contributed by atoms with Gasteiger partial charge < -0.3 is 15.6 Å². The lowest BCUT2D eigenvalue weighted by atomic mass is 10.1. The van der Waals surface area contributed by atoms with Crippen molar-refractivity contribution in [2.75, 3.05) is 5.32 Å². The highest BCUT2D eigenvalue weighted by molar-refractivity contribution is 7.71. The molecule has 3 N–H and O–H groups in total. The number of anilines is 1. The molecule has 0 saturated heterocycles. The predicted molar refractivity (Wildman–Crippen MR) is 131 cm³/mol. The zero-order valence-electron chi connectivity index (χ0n) is 18.0. The average Bonchev–Trinajstić information content (AvgIpc) is 2.83. The van der Waals surface area contributed by atoms with E-state index in [1.165, 1.54) is 28.8 Å². The number of hydrogen-bond donors (Lipinski definition) is 3. The molecule has 0 aliphatic carbocycles. The minimum atomic E-state index is -0.415. The van der Waals surface area contributed by atoms with Gasteiger partial charge in [-0.1, -0.05) is 24.3 Å². The molecule has 0 aliphatic rings. The highest BCUT2D eigenvalue weighted by Crippen LogP contribution is 2.13. The van der Waals surface area contributed by atoms with E-state index in [-0.39, 0.29) is 41.7 Å². The summed E-state index contributed by atoms with van der Waals surface area (Å²) < 4.78 is 14.7. The topological polar surface area (TPSA) is 96.0 Å². The molecule has 0 atom stereocenters. The molecule has 172 valence electrons. The number of halogens is 1. The molecule has 0 radical (unpaired) electrons. The van der Waals surface area contributed by atoms with Crippen molar-refractivity contribution in [2.45, 2.75) is 19.5 Å². The third-order valence-electron chi connectivity index (χ3n) is 5.23. The van der Waals surface area contributed by atoms with Crippen LogP contribution < -0.4 is 16.2 Å². The van der Waals surface area contributed by atoms with Crippen molar-refractivity contribution in [2.24, 2.45) is 0 Å². The molecule has 0 fully saturated rings. The molecule has 0 unspecified atom stereocenters. The van der Waals surface area contributed by atoms with E-state index < -0.39 is 5.82 Å². The Morgan fingerprint density at radius 3 is 2.56 bits per heavy atom. The third kappa shape index (κ3) is 5.44. The van der Waals surface area contributed by atoms with Crippen molar-refractivity contribution in [3.8, 4) is 0 Å². The fraction of sp³-hybridized carbons (Fsp3) is 0.120. The first-order valence-corrected chi connectivity index (χ1v) is 11.0. The summed E-state index contributed by atoms with van der Waals surface area (Å²) in [6.45, 7) is 0.400. The number of para-hydroxylation sites is 1. The maximum absolute atomic E-state index is 13.0. The number of carbonyl (C=O) groups excluding carboxylic acids is 2. The third-order valence-corrected chi connectivity index (χ3v) is 5.56. The van der Waals surface area contributed by atoms with E-state index in [1.54, 1.807) is 36.4 Å². The van der Waals surface area contributed by atoms with Gasteiger partial charge in [-0.2, -0.15) is 0 Å². The number of rotatable bonds is 7. The van der Waals surface area contributed by atoms with Gasteiger partial charge in [-0.25, -0.2) is 4.39 Å². The summed E-state index contributed by atoms with van der Waals surface area (Å²) in [5, 5.41) is 6.07. The quantitative estimate of drug-likeness (QED) is 0.349. The summed E-state index contributed by atoms with van der Waals surface area (Å²) in [4.78, 5) is 40.4. The van der Waals surface area contributed by atoms with Gasteiger partial charge in [-0.15, -0.1) is 0 Å². The highest BCUT2D eigenvalue weighted by Gasteiger charge is 2.09. The molecule has 4 aromatic rings. The predicted octanol–water partition coefficient (Wildman–Crippen LogP) is 4.16. The Morgan fingerprint density at radius 2 is 1.76 bits per heavy atom. The van der Waals surface area contributed by atoms with Crippen LogP contribution in [0.25, 0.3) is 10.9 Å². The van der Waals surface area contributed by atoms with Crippen molar-refractivity contribution >= 4 is 40.6 Å². The van der Waals surface area contributed by atoms with Gasteiger partial charge in [0.1, 0.15) is 5.82 Å². The second kappa shape index (κ2) is 10.2. The lowest BCUT2D eigenvalue weighted by molar-refractivity contribution is -0.121. The Kier molecular flexibility index (Phi) is 6.93. The van der Waals surface area contributed by atoms with Crippen LogP contribution in [-0.4, -0.2) is 21.4 Å². The van der Waals surface area contributed by atoms with Crippen molar-refractivity contribution in [3.63, 3.8) is 0 Å². The zero-order chi connectivity index (χ0) is 24.1. The maximum atomic E-state index is 13.0. The van der Waals surface area contributed by atoms with Crippen LogP contribution in [0.2, 0.25) is 0 Å². The second-order valence-corrected chi connectivity index (χ2v) is 8.01. The SMILES string of the molecule is O=C(CCn1c(=S)[nH]c2ccccc2c1=O)NCc1cccc(NC(=O)c2ccc(F)cc2)c1. The number of H-pyrrole nitrogens is 1. The summed E-state index contributed by atoms with van der Waals surface area (Å²) in [6.07, 6.45) is 0.0801. The Labute approximate surface area is 199 Å². The van der Waals surface area contributed by atoms with Crippen LogP contribution in [0.3, 0.4) is 0 Å². The van der Waals surface area contributed by atoms with E-state index in [4.69, 9.17) is 12.2 Å². The van der Waals surface area contributed by atoms with Crippen molar-refractivity contribution < 1.29 is 14.0 Å². The standard InChI is InChI=1S/C25H21FN4O3S/c26-18-10-8-17(9-11-18)23(32)28-19-5-3-4-16(14-19)15-27-22(31)12-13-30-24(33)20-6-1-2-7-21(20)29-25(30)34/h1-11,14H,12-13,15H2,(H,27,31)(H,28,32)(H,29,34). The average molecular weight is 477 g/mol. The van der Waals surface area contributed by atoms with Crippen molar-refractivity contribution in [3.05, 3.63) is 105 Å². The normalized spacial score (nSPS) is 10.7. The van der Waals surface area contributed by atoms with Crippen LogP contribution in [-0.2, 0) is 17.9 Å². The van der Waals surface area contributed by atoms with Crippen LogP contribution >= 0.6 is 12.2 Å². The van der Waals surface area contributed by atoms with E-state index >= 15 is 0 Å². The number of fused-ring (bicyclic) bond motifs is 1. The lowest BCUT2D eigenvalue weighted by Gasteiger charge is -2.10. The van der Waals surface area contributed by atoms with Crippen LogP contribution in [0.5, 0.6) is 0 Å². The van der Waals surface area contributed by atoms with Crippen molar-refractivity contribution in [1.82, 2.24) is 14.9 Å². The second-order valence-electron chi connectivity index (χ2n) is 7.62. The van der Waals surface area contributed by atoms with Gasteiger partial charge in [-0.05, 0) is 66.3 Å². The molecule has 0 aliphatic heterocycles. The number of hydrogen-bond acceptors (Lipinski definition) is 4. The number of aromatic amines is 1. The Balaban J connectivity index is 1.34. The lowest BCUT2D eigenvalue weighted by Crippen LogP contribution is -2.28. The molecule has 1 aromatic heterocycles. The Morgan fingerprint density at radius 1 is 1.00 bits per heavy atom. The minimum absolute atomic E-state index is 0.0801. The largest absolute Gasteiger partial charge is 0.352 e. The first kappa shape index (κ1) is 23.1. The minimum Gasteiger partial charge on any atom is -0.352 e. The number of amides is 2. The Hall–Kier alpha value is -4.11. The molecular formula is C25H21FN4O3S. The molecule has 0 bridgehead atoms. The molecule has 0 spiro atoms. The van der Waals surface area contributed by atoms with Gasteiger partial charge in [0, 0.05) is 30.8 Å². The van der Waals surface area contributed by atoms with E-state index in [1.807, 2.05) is 12.1 Å². The molecule has 7 nitrogen and oxygen atoms in total. The van der Waals surface area contributed by atoms with Gasteiger partial charge in [-0.3, -0.25) is 19.0 Å². The van der Waals surface area contributed by atoms with Crippen LogP contribution in [0, 0.1) is 10.6 Å². The van der Waals surface area contributed by atoms with Gasteiger partial charge in [0.25, 0.3) is 11.5 Å². The molecule has 3 aromatic carbocycles. The fourth-order valence-electron chi connectivity index (χ4n) is 3.47. The first-order chi connectivity index (χ1) is 16.4. The molecule has 1 heterocycles. The summed E-state index contributed by atoms with van der Waals surface area (Å²) in [6, 6.07) is 19.4. The van der Waals surface area contributed by atoms with Crippen LogP contribution in [0.15, 0.2) is 77.6 Å². The first-order valence-electron chi connectivity index (χ1n) is 10.5. The number of benzene rings is 3. The highest BCUT2D eigenvalue weighted by atomic mass is 32.1. The number of nitrogens with zero attached hydrogens (tertiary/aromatic N) is 1. The molecule has 9 heteroatoms. The van der Waals surface area contributed by atoms with Gasteiger partial charge >= 0.3 is 0 Å². The van der Waals surface area contributed by atoms with Crippen LogP contribution in [0.4, 0.5) is 10.1 Å².